The van der Waals surface area contributed by atoms with Gasteiger partial charge < -0.3 is 4.74 Å². The van der Waals surface area contributed by atoms with Gasteiger partial charge in [-0.25, -0.2) is 14.2 Å². The van der Waals surface area contributed by atoms with E-state index < -0.39 is 11.4 Å². The van der Waals surface area contributed by atoms with Crippen molar-refractivity contribution in [1.82, 2.24) is 14.5 Å². The fourth-order valence-corrected chi connectivity index (χ4v) is 1.87. The van der Waals surface area contributed by atoms with Crippen molar-refractivity contribution in [3.05, 3.63) is 50.3 Å². The van der Waals surface area contributed by atoms with E-state index >= 15 is 0 Å². The highest BCUT2D eigenvalue weighted by molar-refractivity contribution is 5.42. The van der Waals surface area contributed by atoms with E-state index in [1.165, 1.54) is 0 Å². The molecule has 6 heteroatoms. The Morgan fingerprint density at radius 3 is 2.63 bits per heavy atom. The summed E-state index contributed by atoms with van der Waals surface area (Å²) in [4.78, 5) is 30.0. The molecule has 19 heavy (non-hydrogen) atoms. The molecule has 6 nitrogen and oxygen atoms in total. The third kappa shape index (κ3) is 2.57. The average molecular weight is 261 g/mol. The summed E-state index contributed by atoms with van der Waals surface area (Å²) in [6.45, 7) is 5.86. The Morgan fingerprint density at radius 1 is 1.32 bits per heavy atom. The summed E-state index contributed by atoms with van der Waals surface area (Å²) in [5, 5.41) is 0. The van der Waals surface area contributed by atoms with Crippen LogP contribution in [0, 0.1) is 13.8 Å². The fraction of sp³-hybridized carbons (Fsp3) is 0.308. The van der Waals surface area contributed by atoms with Crippen LogP contribution in [0.4, 0.5) is 0 Å². The molecule has 0 saturated heterocycles. The Labute approximate surface area is 109 Å². The fourth-order valence-electron chi connectivity index (χ4n) is 1.87. The van der Waals surface area contributed by atoms with Crippen LogP contribution in [0.3, 0.4) is 0 Å². The van der Waals surface area contributed by atoms with Crippen molar-refractivity contribution < 1.29 is 4.74 Å². The Hall–Kier alpha value is -2.37. The van der Waals surface area contributed by atoms with Crippen LogP contribution in [-0.2, 0) is 0 Å². The number of hydrogen-bond acceptors (Lipinski definition) is 4. The van der Waals surface area contributed by atoms with Gasteiger partial charge in [0.2, 0.25) is 0 Å². The number of benzene rings is 1. The lowest BCUT2D eigenvalue weighted by Gasteiger charge is -2.09. The molecule has 0 aliphatic rings. The van der Waals surface area contributed by atoms with Gasteiger partial charge in [-0.15, -0.1) is 4.98 Å². The molecule has 0 unspecified atom stereocenters. The van der Waals surface area contributed by atoms with Crippen molar-refractivity contribution in [2.24, 2.45) is 0 Å². The Bertz CT molecular complexity index is 685. The number of aromatic amines is 1. The van der Waals surface area contributed by atoms with Crippen LogP contribution in [-0.4, -0.2) is 21.1 Å². The molecule has 0 radical (unpaired) electrons. The molecule has 0 amide bonds. The van der Waals surface area contributed by atoms with Crippen molar-refractivity contribution in [3.8, 4) is 11.7 Å². The van der Waals surface area contributed by atoms with Crippen LogP contribution in [0.25, 0.3) is 5.69 Å². The van der Waals surface area contributed by atoms with E-state index in [0.717, 1.165) is 15.7 Å². The van der Waals surface area contributed by atoms with Gasteiger partial charge in [0, 0.05) is 0 Å². The van der Waals surface area contributed by atoms with E-state index in [1.807, 2.05) is 26.0 Å². The molecule has 1 aromatic carbocycles. The lowest BCUT2D eigenvalue weighted by atomic mass is 10.1. The van der Waals surface area contributed by atoms with E-state index in [4.69, 9.17) is 4.74 Å². The standard InChI is InChI=1S/C13H15N3O3/c1-4-19-11-14-12(17)16(13(18)15-11)10-6-5-8(2)7-9(10)3/h5-7H,4H2,1-3H3,(H,14,15,17,18). The van der Waals surface area contributed by atoms with Gasteiger partial charge in [0.1, 0.15) is 0 Å². The monoisotopic (exact) mass is 261 g/mol. The predicted octanol–water partition coefficient (Wildman–Crippen LogP) is 0.936. The van der Waals surface area contributed by atoms with Crippen LogP contribution in [0.5, 0.6) is 6.01 Å². The van der Waals surface area contributed by atoms with Gasteiger partial charge in [0.25, 0.3) is 0 Å². The zero-order chi connectivity index (χ0) is 14.0. The molecule has 1 heterocycles. The Morgan fingerprint density at radius 2 is 2.05 bits per heavy atom. The highest BCUT2D eigenvalue weighted by Gasteiger charge is 2.10. The van der Waals surface area contributed by atoms with Crippen LogP contribution in [0.1, 0.15) is 18.1 Å². The van der Waals surface area contributed by atoms with Gasteiger partial charge >= 0.3 is 17.4 Å². The maximum Gasteiger partial charge on any atom is 0.360 e. The minimum absolute atomic E-state index is 0.0569. The van der Waals surface area contributed by atoms with Gasteiger partial charge in [-0.3, -0.25) is 4.98 Å². The predicted molar refractivity (Wildman–Crippen MR) is 71.1 cm³/mol. The topological polar surface area (TPSA) is 77.0 Å². The molecule has 2 rings (SSSR count). The van der Waals surface area contributed by atoms with Crippen LogP contribution < -0.4 is 16.1 Å². The second kappa shape index (κ2) is 5.09. The lowest BCUT2D eigenvalue weighted by molar-refractivity contribution is 0.307. The summed E-state index contributed by atoms with van der Waals surface area (Å²) in [6, 6.07) is 5.41. The van der Waals surface area contributed by atoms with Crippen molar-refractivity contribution in [1.29, 1.82) is 0 Å². The molecule has 0 saturated carbocycles. The van der Waals surface area contributed by atoms with Crippen LogP contribution in [0.15, 0.2) is 27.8 Å². The molecule has 0 fully saturated rings. The summed E-state index contributed by atoms with van der Waals surface area (Å²) < 4.78 is 6.03. The van der Waals surface area contributed by atoms with Gasteiger partial charge in [-0.05, 0) is 32.4 Å². The van der Waals surface area contributed by atoms with Crippen LogP contribution >= 0.6 is 0 Å². The SMILES string of the molecule is CCOc1nc(=O)n(-c2ccc(C)cc2C)c(=O)[nH]1. The minimum atomic E-state index is -0.654. The van der Waals surface area contributed by atoms with E-state index in [0.29, 0.717) is 12.3 Å². The number of aromatic nitrogens is 3. The molecular weight excluding hydrogens is 246 g/mol. The van der Waals surface area contributed by atoms with Crippen LogP contribution in [0.2, 0.25) is 0 Å². The zero-order valence-corrected chi connectivity index (χ0v) is 11.1. The molecule has 0 atom stereocenters. The van der Waals surface area contributed by atoms with Gasteiger partial charge in [-0.2, -0.15) is 0 Å². The number of hydrogen-bond donors (Lipinski definition) is 1. The third-order valence-electron chi connectivity index (χ3n) is 2.68. The maximum atomic E-state index is 12.0. The molecule has 0 aliphatic heterocycles. The summed E-state index contributed by atoms with van der Waals surface area (Å²) >= 11 is 0. The second-order valence-electron chi connectivity index (χ2n) is 4.19. The smallest absolute Gasteiger partial charge is 0.360 e. The van der Waals surface area contributed by atoms with E-state index in [-0.39, 0.29) is 6.01 Å². The summed E-state index contributed by atoms with van der Waals surface area (Å²) in [7, 11) is 0. The molecular formula is C13H15N3O3. The third-order valence-corrected chi connectivity index (χ3v) is 2.68. The summed E-state index contributed by atoms with van der Waals surface area (Å²) in [6.07, 6.45) is 0. The van der Waals surface area contributed by atoms with Gasteiger partial charge in [0.15, 0.2) is 0 Å². The quantitative estimate of drug-likeness (QED) is 0.891. The highest BCUT2D eigenvalue weighted by atomic mass is 16.5. The first-order chi connectivity index (χ1) is 9.02. The first-order valence-corrected chi connectivity index (χ1v) is 5.96. The molecule has 1 aromatic heterocycles. The van der Waals surface area contributed by atoms with E-state index in [9.17, 15) is 9.59 Å². The van der Waals surface area contributed by atoms with E-state index in [1.54, 1.807) is 13.0 Å². The van der Waals surface area contributed by atoms with Gasteiger partial charge in [-0.1, -0.05) is 17.7 Å². The minimum Gasteiger partial charge on any atom is -0.465 e. The second-order valence-corrected chi connectivity index (χ2v) is 4.19. The number of nitrogens with one attached hydrogen (secondary N) is 1. The lowest BCUT2D eigenvalue weighted by Crippen LogP contribution is -2.36. The Balaban J connectivity index is 2.63. The number of aryl methyl sites for hydroxylation is 2. The van der Waals surface area contributed by atoms with Crippen molar-refractivity contribution in [2.75, 3.05) is 6.61 Å². The highest BCUT2D eigenvalue weighted by Crippen LogP contribution is 2.12. The Kier molecular flexibility index (Phi) is 3.50. The zero-order valence-electron chi connectivity index (χ0n) is 11.1. The molecule has 0 aliphatic carbocycles. The molecule has 2 aromatic rings. The number of nitrogens with zero attached hydrogens (tertiary/aromatic N) is 2. The molecule has 100 valence electrons. The van der Waals surface area contributed by atoms with Crippen molar-refractivity contribution in [2.45, 2.75) is 20.8 Å². The number of ether oxygens (including phenoxy) is 1. The normalized spacial score (nSPS) is 10.5. The molecule has 0 spiro atoms. The van der Waals surface area contributed by atoms with Gasteiger partial charge in [0.05, 0.1) is 12.3 Å². The average Bonchev–Trinajstić information content (AvgIpc) is 2.31. The maximum absolute atomic E-state index is 12.0. The summed E-state index contributed by atoms with van der Waals surface area (Å²) in [5.41, 5.74) is 1.20. The first kappa shape index (κ1) is 13.1. The molecule has 1 N–H and O–H groups in total. The summed E-state index contributed by atoms with van der Waals surface area (Å²) in [5.74, 6) is 0. The largest absolute Gasteiger partial charge is 0.465 e. The number of H-pyrrole nitrogens is 1. The first-order valence-electron chi connectivity index (χ1n) is 5.96. The number of rotatable bonds is 3. The van der Waals surface area contributed by atoms with E-state index in [2.05, 4.69) is 9.97 Å². The molecule has 0 bridgehead atoms. The van der Waals surface area contributed by atoms with Crippen molar-refractivity contribution >= 4 is 0 Å². The van der Waals surface area contributed by atoms with Crippen molar-refractivity contribution in [3.63, 3.8) is 0 Å².